The van der Waals surface area contributed by atoms with Crippen molar-refractivity contribution < 1.29 is 33.6 Å². The highest BCUT2D eigenvalue weighted by Crippen LogP contribution is 2.04. The largest absolute Gasteiger partial charge is 0.355 e. The van der Waals surface area contributed by atoms with E-state index in [-0.39, 0.29) is 53.7 Å². The van der Waals surface area contributed by atoms with Crippen molar-refractivity contribution in [2.75, 3.05) is 98.2 Å². The predicted molar refractivity (Wildman–Crippen MR) is 224 cm³/mol. The number of carbonyl (C=O) groups excluding carboxylic acids is 7. The maximum atomic E-state index is 12.9. The van der Waals surface area contributed by atoms with Gasteiger partial charge in [-0.1, -0.05) is 6.92 Å². The lowest BCUT2D eigenvalue weighted by atomic mass is 10.1. The highest BCUT2D eigenvalue weighted by molar-refractivity contribution is 5.80. The molecule has 0 aliphatic heterocycles. The van der Waals surface area contributed by atoms with E-state index < -0.39 is 0 Å². The van der Waals surface area contributed by atoms with Crippen LogP contribution in [0, 0.1) is 0 Å². The zero-order chi connectivity index (χ0) is 42.5. The van der Waals surface area contributed by atoms with Crippen LogP contribution in [0.3, 0.4) is 0 Å². The second kappa shape index (κ2) is 37.3. The number of hydrogen-bond donors (Lipinski definition) is 7. The van der Waals surface area contributed by atoms with E-state index in [1.807, 2.05) is 16.7 Å². The lowest BCUT2D eigenvalue weighted by Gasteiger charge is -2.24. The number of nitrogens with two attached hydrogens (primary N) is 4. The van der Waals surface area contributed by atoms with Crippen molar-refractivity contribution >= 4 is 40.7 Å². The summed E-state index contributed by atoms with van der Waals surface area (Å²) in [5, 5.41) is 7.62. The summed E-state index contributed by atoms with van der Waals surface area (Å²) in [4.78, 5) is 91.0. The summed E-state index contributed by atoms with van der Waals surface area (Å²) in [5.74, 6) is 0.199. The summed E-state index contributed by atoms with van der Waals surface area (Å²) >= 11 is 0. The zero-order valence-corrected chi connectivity index (χ0v) is 35.1. The number of carbonyl (C=O) groups is 7. The number of Topliss-reactive ketones (excluding diaryl/α,β-unsaturated/α-hetero) is 5. The van der Waals surface area contributed by atoms with Crippen LogP contribution in [-0.2, 0) is 33.6 Å². The van der Waals surface area contributed by atoms with Crippen molar-refractivity contribution in [2.45, 2.75) is 116 Å². The van der Waals surface area contributed by atoms with Crippen LogP contribution in [0.25, 0.3) is 0 Å². The minimum atomic E-state index is -0.257. The fraction of sp³-hybridized carbons (Fsp3) is 0.825. The molecule has 0 saturated heterocycles. The minimum Gasteiger partial charge on any atom is -0.355 e. The zero-order valence-electron chi connectivity index (χ0n) is 35.1. The molecule has 0 atom stereocenters. The molecule has 0 saturated carbocycles. The number of hydrazine groups is 1. The molecule has 0 aliphatic rings. The SMILES string of the molecule is CCCC(=O)CCCN(CCC(=O)NCCN(CCC(=O)CCCN)CCC(=O)CCCN)NCC(=O)NCCN(CCC(=O)CCCN)CCC(=O)CCCN. The molecule has 0 radical (unpaired) electrons. The van der Waals surface area contributed by atoms with Gasteiger partial charge in [0.1, 0.15) is 28.9 Å². The normalized spacial score (nSPS) is 11.4. The van der Waals surface area contributed by atoms with E-state index >= 15 is 0 Å². The molecule has 0 heterocycles. The van der Waals surface area contributed by atoms with Crippen LogP contribution >= 0.6 is 0 Å². The summed E-state index contributed by atoms with van der Waals surface area (Å²) in [6.45, 7) is 8.06. The number of amides is 2. The summed E-state index contributed by atoms with van der Waals surface area (Å²) in [6, 6.07) is 0. The van der Waals surface area contributed by atoms with Gasteiger partial charge < -0.3 is 43.4 Å². The standard InChI is InChI=1S/C40H78N10O7/c1-2-8-34(51)13-7-25-50(30-18-39(56)45-23-31-48(26-14-35(52)9-3-19-41)27-15-36(53)10-4-20-42)47-33-40(57)46-24-32-49(28-16-37(54)11-5-21-43)29-17-38(55)12-6-22-44/h47H,2-33,41-44H2,1H3,(H,45,56)(H,46,57). The molecule has 0 unspecified atom stereocenters. The van der Waals surface area contributed by atoms with E-state index in [0.717, 1.165) is 6.42 Å². The van der Waals surface area contributed by atoms with Crippen LogP contribution in [0.4, 0.5) is 0 Å². The van der Waals surface area contributed by atoms with Gasteiger partial charge in [0.05, 0.1) is 6.54 Å². The Kier molecular flexibility index (Phi) is 35.3. The molecule has 0 fully saturated rings. The Morgan fingerprint density at radius 1 is 0.404 bits per heavy atom. The molecule has 0 aliphatic carbocycles. The van der Waals surface area contributed by atoms with Gasteiger partial charge in [0, 0.05) is 136 Å². The van der Waals surface area contributed by atoms with Gasteiger partial charge >= 0.3 is 0 Å². The molecule has 330 valence electrons. The van der Waals surface area contributed by atoms with Crippen LogP contribution in [0.1, 0.15) is 116 Å². The molecule has 17 nitrogen and oxygen atoms in total. The van der Waals surface area contributed by atoms with Gasteiger partial charge in [-0.3, -0.25) is 33.6 Å². The second-order valence-electron chi connectivity index (χ2n) is 14.6. The van der Waals surface area contributed by atoms with E-state index in [1.165, 1.54) is 0 Å². The first-order chi connectivity index (χ1) is 27.5. The molecule has 11 N–H and O–H groups in total. The van der Waals surface area contributed by atoms with Gasteiger partial charge in [0.15, 0.2) is 0 Å². The summed E-state index contributed by atoms with van der Waals surface area (Å²) in [7, 11) is 0. The van der Waals surface area contributed by atoms with Gasteiger partial charge in [-0.15, -0.1) is 0 Å². The average Bonchev–Trinajstić information content (AvgIpc) is 3.19. The quantitative estimate of drug-likeness (QED) is 0.0399. The van der Waals surface area contributed by atoms with Crippen molar-refractivity contribution in [3.63, 3.8) is 0 Å². The lowest BCUT2D eigenvalue weighted by molar-refractivity contribution is -0.123. The van der Waals surface area contributed by atoms with E-state index in [1.54, 1.807) is 5.01 Å². The maximum absolute atomic E-state index is 12.9. The van der Waals surface area contributed by atoms with E-state index in [4.69, 9.17) is 22.9 Å². The summed E-state index contributed by atoms with van der Waals surface area (Å²) < 4.78 is 0. The molecule has 0 aromatic carbocycles. The molecular formula is C40H78N10O7. The first-order valence-corrected chi connectivity index (χ1v) is 21.3. The van der Waals surface area contributed by atoms with Gasteiger partial charge in [-0.05, 0) is 64.7 Å². The van der Waals surface area contributed by atoms with Gasteiger partial charge in [-0.25, -0.2) is 10.4 Å². The Morgan fingerprint density at radius 3 is 1.16 bits per heavy atom. The van der Waals surface area contributed by atoms with Crippen LogP contribution in [0.5, 0.6) is 0 Å². The highest BCUT2D eigenvalue weighted by Gasteiger charge is 2.15. The van der Waals surface area contributed by atoms with Crippen LogP contribution in [0.15, 0.2) is 0 Å². The molecule has 57 heavy (non-hydrogen) atoms. The Bertz CT molecular complexity index is 1020. The summed E-state index contributed by atoms with van der Waals surface area (Å²) in [5.41, 5.74) is 25.3. The van der Waals surface area contributed by atoms with Crippen molar-refractivity contribution in [3.8, 4) is 0 Å². The lowest BCUT2D eigenvalue weighted by Crippen LogP contribution is -2.47. The third-order valence-electron chi connectivity index (χ3n) is 9.45. The van der Waals surface area contributed by atoms with Gasteiger partial charge in [0.25, 0.3) is 0 Å². The fourth-order valence-corrected chi connectivity index (χ4v) is 5.92. The maximum Gasteiger partial charge on any atom is 0.235 e. The first-order valence-electron chi connectivity index (χ1n) is 21.3. The van der Waals surface area contributed by atoms with Gasteiger partial charge in [0.2, 0.25) is 11.8 Å². The highest BCUT2D eigenvalue weighted by atomic mass is 16.2. The van der Waals surface area contributed by atoms with E-state index in [0.29, 0.717) is 188 Å². The fourth-order valence-electron chi connectivity index (χ4n) is 5.92. The topological polar surface area (TPSA) is 269 Å². The number of nitrogens with zero attached hydrogens (tertiary/aromatic N) is 3. The molecule has 0 rings (SSSR count). The molecule has 0 spiro atoms. The Balaban J connectivity index is 5.13. The first kappa shape index (κ1) is 54.0. The molecule has 0 aromatic rings. The minimum absolute atomic E-state index is 0.0391. The van der Waals surface area contributed by atoms with Crippen molar-refractivity contribution in [3.05, 3.63) is 0 Å². The van der Waals surface area contributed by atoms with Crippen molar-refractivity contribution in [2.24, 2.45) is 22.9 Å². The van der Waals surface area contributed by atoms with E-state index in [2.05, 4.69) is 16.1 Å². The van der Waals surface area contributed by atoms with E-state index in [9.17, 15) is 33.6 Å². The second-order valence-corrected chi connectivity index (χ2v) is 14.6. The Hall–Kier alpha value is -3.03. The number of ketones is 5. The van der Waals surface area contributed by atoms with Crippen LogP contribution < -0.4 is 39.0 Å². The number of nitrogens with one attached hydrogen (secondary N) is 3. The number of rotatable bonds is 42. The van der Waals surface area contributed by atoms with Crippen molar-refractivity contribution in [1.82, 2.24) is 30.9 Å². The molecule has 0 aromatic heterocycles. The predicted octanol–water partition coefficient (Wildman–Crippen LogP) is -0.0387. The van der Waals surface area contributed by atoms with Crippen LogP contribution in [0.2, 0.25) is 0 Å². The molecule has 0 bridgehead atoms. The Morgan fingerprint density at radius 2 is 0.772 bits per heavy atom. The average molecular weight is 811 g/mol. The molecule has 17 heteroatoms. The summed E-state index contributed by atoms with van der Waals surface area (Å²) in [6.07, 6.45) is 8.05. The molecular weight excluding hydrogens is 733 g/mol. The monoisotopic (exact) mass is 811 g/mol. The van der Waals surface area contributed by atoms with Crippen LogP contribution in [-0.4, -0.2) is 154 Å². The molecule has 2 amide bonds. The van der Waals surface area contributed by atoms with Gasteiger partial charge in [-0.2, -0.15) is 0 Å². The van der Waals surface area contributed by atoms with Crippen molar-refractivity contribution in [1.29, 1.82) is 0 Å². The Labute approximate surface area is 341 Å². The third kappa shape index (κ3) is 33.6. The third-order valence-corrected chi connectivity index (χ3v) is 9.45. The number of hydrogen-bond acceptors (Lipinski definition) is 15. The smallest absolute Gasteiger partial charge is 0.235 e.